The van der Waals surface area contributed by atoms with Crippen molar-refractivity contribution in [3.8, 4) is 5.88 Å². The number of aryl methyl sites for hydroxylation is 1. The molecular weight excluding hydrogens is 430 g/mol. The molecule has 0 spiro atoms. The zero-order valence-corrected chi connectivity index (χ0v) is 16.6. The number of aromatic nitrogens is 4. The molecule has 0 bridgehead atoms. The van der Waals surface area contributed by atoms with Crippen LogP contribution in [0.2, 0.25) is 0 Å². The van der Waals surface area contributed by atoms with Crippen molar-refractivity contribution in [3.63, 3.8) is 0 Å². The monoisotopic (exact) mass is 448 g/mol. The summed E-state index contributed by atoms with van der Waals surface area (Å²) in [5, 5.41) is 13.8. The molecule has 2 aromatic heterocycles. The molecule has 6 nitrogen and oxygen atoms in total. The number of aliphatic hydroxyl groups is 1. The number of benzene rings is 1. The number of methoxy groups -OCH3 is 1. The van der Waals surface area contributed by atoms with E-state index >= 15 is 0 Å². The van der Waals surface area contributed by atoms with E-state index in [1.165, 1.54) is 23.9 Å². The van der Waals surface area contributed by atoms with Gasteiger partial charge in [-0.3, -0.25) is 0 Å². The number of fused-ring (bicyclic) bond motifs is 1. The van der Waals surface area contributed by atoms with Gasteiger partial charge in [-0.2, -0.15) is 36.4 Å². The SMILES string of the molecule is COc1nc(C)nc2c1c(CC(O)C(F)(F)F)nn2C(C)c1ccc(C(F)(F)F)cc1. The Morgan fingerprint density at radius 1 is 1.06 bits per heavy atom. The van der Waals surface area contributed by atoms with Crippen LogP contribution >= 0.6 is 0 Å². The van der Waals surface area contributed by atoms with Crippen LogP contribution in [0, 0.1) is 6.92 Å². The summed E-state index contributed by atoms with van der Waals surface area (Å²) in [7, 11) is 1.28. The van der Waals surface area contributed by atoms with E-state index in [9.17, 15) is 31.4 Å². The Hall–Kier alpha value is -2.89. The van der Waals surface area contributed by atoms with Crippen LogP contribution in [0.3, 0.4) is 0 Å². The topological polar surface area (TPSA) is 73.1 Å². The lowest BCUT2D eigenvalue weighted by molar-refractivity contribution is -0.203. The van der Waals surface area contributed by atoms with Crippen molar-refractivity contribution in [1.82, 2.24) is 19.7 Å². The van der Waals surface area contributed by atoms with Crippen molar-refractivity contribution in [3.05, 3.63) is 46.9 Å². The van der Waals surface area contributed by atoms with Crippen LogP contribution in [0.1, 0.15) is 35.6 Å². The first-order valence-electron chi connectivity index (χ1n) is 9.04. The third-order valence-electron chi connectivity index (χ3n) is 4.75. The molecule has 0 aliphatic carbocycles. The Bertz CT molecular complexity index is 1080. The lowest BCUT2D eigenvalue weighted by atomic mass is 10.1. The van der Waals surface area contributed by atoms with Gasteiger partial charge in [0.15, 0.2) is 11.8 Å². The Balaban J connectivity index is 2.12. The summed E-state index contributed by atoms with van der Waals surface area (Å²) >= 11 is 0. The van der Waals surface area contributed by atoms with Crippen molar-refractivity contribution in [1.29, 1.82) is 0 Å². The number of halogens is 6. The molecule has 2 atom stereocenters. The maximum absolute atomic E-state index is 12.9. The van der Waals surface area contributed by atoms with E-state index < -0.39 is 36.5 Å². The second-order valence-electron chi connectivity index (χ2n) is 6.93. The zero-order valence-electron chi connectivity index (χ0n) is 16.6. The second-order valence-corrected chi connectivity index (χ2v) is 6.93. The number of alkyl halides is 6. The molecule has 0 amide bonds. The lowest BCUT2D eigenvalue weighted by Gasteiger charge is -2.15. The predicted octanol–water partition coefficient (Wildman–Crippen LogP) is 4.24. The first-order chi connectivity index (χ1) is 14.3. The number of ether oxygens (including phenoxy) is 1. The Kier molecular flexibility index (Phi) is 5.87. The Morgan fingerprint density at radius 2 is 1.68 bits per heavy atom. The smallest absolute Gasteiger partial charge is 0.416 e. The third kappa shape index (κ3) is 4.58. The van der Waals surface area contributed by atoms with Crippen LogP contribution in [0.4, 0.5) is 26.3 Å². The van der Waals surface area contributed by atoms with Gasteiger partial charge in [0.25, 0.3) is 0 Å². The molecule has 3 rings (SSSR count). The molecule has 12 heteroatoms. The molecule has 168 valence electrons. The maximum Gasteiger partial charge on any atom is 0.416 e. The quantitative estimate of drug-likeness (QED) is 0.592. The minimum atomic E-state index is -4.87. The average molecular weight is 448 g/mol. The van der Waals surface area contributed by atoms with Crippen LogP contribution in [0.15, 0.2) is 24.3 Å². The summed E-state index contributed by atoms with van der Waals surface area (Å²) in [4.78, 5) is 8.30. The molecule has 0 radical (unpaired) electrons. The fourth-order valence-corrected chi connectivity index (χ4v) is 3.13. The van der Waals surface area contributed by atoms with E-state index in [2.05, 4.69) is 15.1 Å². The highest BCUT2D eigenvalue weighted by Gasteiger charge is 2.39. The largest absolute Gasteiger partial charge is 0.480 e. The highest BCUT2D eigenvalue weighted by molar-refractivity contribution is 5.84. The van der Waals surface area contributed by atoms with Crippen molar-refractivity contribution >= 4 is 11.0 Å². The van der Waals surface area contributed by atoms with Crippen molar-refractivity contribution in [2.24, 2.45) is 0 Å². The average Bonchev–Trinajstić information content (AvgIpc) is 3.03. The molecule has 0 fully saturated rings. The van der Waals surface area contributed by atoms with Gasteiger partial charge in [0, 0.05) is 6.42 Å². The molecule has 1 aromatic carbocycles. The van der Waals surface area contributed by atoms with E-state index in [4.69, 9.17) is 4.74 Å². The zero-order chi connectivity index (χ0) is 23.1. The molecule has 0 aliphatic rings. The maximum atomic E-state index is 12.9. The van der Waals surface area contributed by atoms with Gasteiger partial charge in [0.1, 0.15) is 11.2 Å². The van der Waals surface area contributed by atoms with E-state index in [1.807, 2.05) is 0 Å². The van der Waals surface area contributed by atoms with Crippen LogP contribution < -0.4 is 4.74 Å². The molecule has 0 saturated heterocycles. The highest BCUT2D eigenvalue weighted by atomic mass is 19.4. The minimum absolute atomic E-state index is 0.0160. The first-order valence-corrected chi connectivity index (χ1v) is 9.04. The predicted molar refractivity (Wildman–Crippen MR) is 97.6 cm³/mol. The number of hydrogen-bond acceptors (Lipinski definition) is 5. The number of rotatable bonds is 5. The molecule has 1 N–H and O–H groups in total. The van der Waals surface area contributed by atoms with Crippen LogP contribution in [-0.2, 0) is 12.6 Å². The highest BCUT2D eigenvalue weighted by Crippen LogP contribution is 2.34. The molecule has 3 aromatic rings. The number of hydrogen-bond donors (Lipinski definition) is 1. The number of aliphatic hydroxyl groups excluding tert-OH is 1. The first kappa shape index (κ1) is 22.8. The van der Waals surface area contributed by atoms with Crippen LogP contribution in [0.5, 0.6) is 5.88 Å². The van der Waals surface area contributed by atoms with Gasteiger partial charge in [-0.15, -0.1) is 0 Å². The molecule has 0 aliphatic heterocycles. The summed E-state index contributed by atoms with van der Waals surface area (Å²) in [5.41, 5.74) is -0.408. The number of nitrogens with zero attached hydrogens (tertiary/aromatic N) is 4. The van der Waals surface area contributed by atoms with Gasteiger partial charge in [0.2, 0.25) is 5.88 Å². The van der Waals surface area contributed by atoms with Gasteiger partial charge >= 0.3 is 12.4 Å². The fourth-order valence-electron chi connectivity index (χ4n) is 3.13. The molecule has 2 heterocycles. The molecular formula is C19H18F6N4O2. The molecule has 2 unspecified atom stereocenters. The van der Waals surface area contributed by atoms with Gasteiger partial charge in [-0.05, 0) is 31.5 Å². The van der Waals surface area contributed by atoms with Crippen molar-refractivity contribution in [2.45, 2.75) is 44.8 Å². The van der Waals surface area contributed by atoms with E-state index in [0.717, 1.165) is 12.1 Å². The van der Waals surface area contributed by atoms with Crippen molar-refractivity contribution < 1.29 is 36.2 Å². The Labute approximate surface area is 172 Å². The fraction of sp³-hybridized carbons (Fsp3) is 0.421. The van der Waals surface area contributed by atoms with Crippen molar-refractivity contribution in [2.75, 3.05) is 7.11 Å². The molecule has 31 heavy (non-hydrogen) atoms. The van der Waals surface area contributed by atoms with E-state index in [1.54, 1.807) is 13.8 Å². The molecule has 0 saturated carbocycles. The van der Waals surface area contributed by atoms with Gasteiger partial charge in [0.05, 0.1) is 24.4 Å². The van der Waals surface area contributed by atoms with Gasteiger partial charge in [-0.1, -0.05) is 12.1 Å². The standard InChI is InChI=1S/C19H18F6N4O2/c1-9(11-4-6-12(7-5-11)18(20,21)22)29-16-15(17(31-3)27-10(2)26-16)13(28-29)8-14(30)19(23,24)25/h4-7,9,14,30H,8H2,1-3H3. The minimum Gasteiger partial charge on any atom is -0.480 e. The summed E-state index contributed by atoms with van der Waals surface area (Å²) in [5.74, 6) is 0.241. The summed E-state index contributed by atoms with van der Waals surface area (Å²) < 4.78 is 83.7. The normalized spacial score (nSPS) is 14.6. The summed E-state index contributed by atoms with van der Waals surface area (Å²) in [6, 6.07) is 3.66. The van der Waals surface area contributed by atoms with Gasteiger partial charge < -0.3 is 9.84 Å². The lowest BCUT2D eigenvalue weighted by Crippen LogP contribution is -2.30. The Morgan fingerprint density at radius 3 is 2.19 bits per heavy atom. The third-order valence-corrected chi connectivity index (χ3v) is 4.75. The van der Waals surface area contributed by atoms with Crippen LogP contribution in [0.25, 0.3) is 11.0 Å². The van der Waals surface area contributed by atoms with E-state index in [-0.39, 0.29) is 28.4 Å². The van der Waals surface area contributed by atoms with E-state index in [0.29, 0.717) is 5.56 Å². The van der Waals surface area contributed by atoms with Crippen LogP contribution in [-0.4, -0.2) is 44.2 Å². The second kappa shape index (κ2) is 7.98. The summed E-state index contributed by atoms with van der Waals surface area (Å²) in [6.45, 7) is 3.16. The van der Waals surface area contributed by atoms with Gasteiger partial charge in [-0.25, -0.2) is 9.67 Å². The summed E-state index contributed by atoms with van der Waals surface area (Å²) in [6.07, 6.45) is -12.9.